The van der Waals surface area contributed by atoms with E-state index >= 15 is 0 Å². The van der Waals surface area contributed by atoms with Gasteiger partial charge in [0.1, 0.15) is 5.82 Å². The number of rotatable bonds is 2. The molecule has 0 amide bonds. The highest BCUT2D eigenvalue weighted by Gasteiger charge is 2.50. The summed E-state index contributed by atoms with van der Waals surface area (Å²) in [5, 5.41) is 0. The van der Waals surface area contributed by atoms with Gasteiger partial charge in [0.2, 0.25) is 0 Å². The third kappa shape index (κ3) is 3.93. The topological polar surface area (TPSA) is 60.5 Å². The van der Waals surface area contributed by atoms with E-state index in [1.54, 1.807) is 25.4 Å². The number of halogens is 4. The minimum absolute atomic E-state index is 0.00233. The van der Waals surface area contributed by atoms with Gasteiger partial charge in [0.25, 0.3) is 6.02 Å². The van der Waals surface area contributed by atoms with Crippen LogP contribution in [0.4, 0.5) is 17.6 Å². The van der Waals surface area contributed by atoms with Crippen LogP contribution >= 0.6 is 0 Å². The maximum absolute atomic E-state index is 14.6. The SMILES string of the molecule is CC#Cc1cncc(-c2ccc(F)c([C@]3(C)C[C@@H](C(F)(F)F)OC(N)=N3)c2)c1. The number of pyridine rings is 1. The zero-order valence-corrected chi connectivity index (χ0v) is 15.1. The average molecular weight is 391 g/mol. The van der Waals surface area contributed by atoms with Gasteiger partial charge in [0.05, 0.1) is 5.54 Å². The van der Waals surface area contributed by atoms with E-state index in [0.717, 1.165) is 0 Å². The molecule has 0 saturated carbocycles. The molecule has 2 heterocycles. The average Bonchev–Trinajstić information content (AvgIpc) is 2.61. The van der Waals surface area contributed by atoms with E-state index in [1.807, 2.05) is 0 Å². The molecule has 28 heavy (non-hydrogen) atoms. The molecule has 0 aliphatic carbocycles. The fourth-order valence-electron chi connectivity index (χ4n) is 3.14. The Hall–Kier alpha value is -3.08. The Balaban J connectivity index is 2.07. The van der Waals surface area contributed by atoms with Crippen LogP contribution in [-0.2, 0) is 10.3 Å². The molecule has 2 atom stereocenters. The fourth-order valence-corrected chi connectivity index (χ4v) is 3.14. The second-order valence-corrected chi connectivity index (χ2v) is 6.61. The first-order chi connectivity index (χ1) is 13.1. The molecular weight excluding hydrogens is 374 g/mol. The van der Waals surface area contributed by atoms with Crippen molar-refractivity contribution in [2.45, 2.75) is 38.1 Å². The summed E-state index contributed by atoms with van der Waals surface area (Å²) in [7, 11) is 0. The van der Waals surface area contributed by atoms with Gasteiger partial charge < -0.3 is 10.5 Å². The first-order valence-electron chi connectivity index (χ1n) is 8.39. The molecule has 0 saturated heterocycles. The molecular formula is C20H17F4N3O. The summed E-state index contributed by atoms with van der Waals surface area (Å²) < 4.78 is 58.8. The van der Waals surface area contributed by atoms with E-state index in [-0.39, 0.29) is 5.56 Å². The van der Waals surface area contributed by atoms with Crippen LogP contribution in [0.5, 0.6) is 0 Å². The van der Waals surface area contributed by atoms with E-state index in [2.05, 4.69) is 26.6 Å². The lowest BCUT2D eigenvalue weighted by Gasteiger charge is -2.36. The van der Waals surface area contributed by atoms with Gasteiger partial charge in [0, 0.05) is 35.5 Å². The summed E-state index contributed by atoms with van der Waals surface area (Å²) in [6.07, 6.45) is -4.24. The summed E-state index contributed by atoms with van der Waals surface area (Å²) in [6, 6.07) is 5.32. The van der Waals surface area contributed by atoms with Crippen molar-refractivity contribution in [2.75, 3.05) is 0 Å². The Bertz CT molecular complexity index is 991. The van der Waals surface area contributed by atoms with Crippen LogP contribution in [0.3, 0.4) is 0 Å². The van der Waals surface area contributed by atoms with Gasteiger partial charge in [-0.1, -0.05) is 12.0 Å². The van der Waals surface area contributed by atoms with Crippen LogP contribution in [0.25, 0.3) is 11.1 Å². The van der Waals surface area contributed by atoms with Crippen LogP contribution in [0.15, 0.2) is 41.7 Å². The van der Waals surface area contributed by atoms with Gasteiger partial charge in [-0.15, -0.1) is 5.92 Å². The number of benzene rings is 1. The Labute approximate surface area is 159 Å². The zero-order valence-electron chi connectivity index (χ0n) is 15.1. The lowest BCUT2D eigenvalue weighted by atomic mass is 9.84. The monoisotopic (exact) mass is 391 g/mol. The predicted molar refractivity (Wildman–Crippen MR) is 96.7 cm³/mol. The highest BCUT2D eigenvalue weighted by molar-refractivity contribution is 5.73. The second kappa shape index (κ2) is 7.15. The summed E-state index contributed by atoms with van der Waals surface area (Å²) in [5.41, 5.74) is 5.83. The summed E-state index contributed by atoms with van der Waals surface area (Å²) >= 11 is 0. The predicted octanol–water partition coefficient (Wildman–Crippen LogP) is 4.14. The number of hydrogen-bond donors (Lipinski definition) is 1. The smallest absolute Gasteiger partial charge is 0.425 e. The maximum Gasteiger partial charge on any atom is 0.425 e. The van der Waals surface area contributed by atoms with Gasteiger partial charge >= 0.3 is 6.18 Å². The van der Waals surface area contributed by atoms with Crippen LogP contribution in [0, 0.1) is 17.7 Å². The molecule has 0 spiro atoms. The molecule has 8 heteroatoms. The quantitative estimate of drug-likeness (QED) is 0.618. The van der Waals surface area contributed by atoms with Crippen molar-refractivity contribution in [3.8, 4) is 23.0 Å². The van der Waals surface area contributed by atoms with Crippen LogP contribution < -0.4 is 5.73 Å². The molecule has 0 fully saturated rings. The van der Waals surface area contributed by atoms with Gasteiger partial charge in [-0.3, -0.25) is 4.98 Å². The number of ether oxygens (including phenoxy) is 1. The van der Waals surface area contributed by atoms with Gasteiger partial charge in [0.15, 0.2) is 6.10 Å². The fraction of sp³-hybridized carbons (Fsp3) is 0.300. The third-order valence-electron chi connectivity index (χ3n) is 4.46. The Kier molecular flexibility index (Phi) is 5.02. The Morgan fingerprint density at radius 1 is 1.21 bits per heavy atom. The number of aromatic nitrogens is 1. The molecule has 2 aromatic rings. The summed E-state index contributed by atoms with van der Waals surface area (Å²) in [5.74, 6) is 4.96. The minimum Gasteiger partial charge on any atom is -0.452 e. The van der Waals surface area contributed by atoms with Crippen molar-refractivity contribution in [1.82, 2.24) is 4.98 Å². The standard InChI is InChI=1S/C20H17F4N3O/c1-3-4-12-7-14(11-26-10-12)13-5-6-16(21)15(8-13)19(2)9-17(20(22,23)24)28-18(25)27-19/h5-8,10-11,17H,9H2,1-2H3,(H2,25,27)/t17-,19-/m0/s1. The molecule has 2 N–H and O–H groups in total. The summed E-state index contributed by atoms with van der Waals surface area (Å²) in [4.78, 5) is 8.09. The van der Waals surface area contributed by atoms with Crippen LogP contribution in [-0.4, -0.2) is 23.3 Å². The molecule has 146 valence electrons. The number of hydrogen-bond acceptors (Lipinski definition) is 4. The van der Waals surface area contributed by atoms with Crippen LogP contribution in [0.2, 0.25) is 0 Å². The maximum atomic E-state index is 14.6. The van der Waals surface area contributed by atoms with Crippen molar-refractivity contribution >= 4 is 6.02 Å². The highest BCUT2D eigenvalue weighted by Crippen LogP contribution is 2.41. The largest absolute Gasteiger partial charge is 0.452 e. The van der Waals surface area contributed by atoms with Crippen LogP contribution in [0.1, 0.15) is 31.4 Å². The number of aliphatic imine (C=N–C) groups is 1. The van der Waals surface area contributed by atoms with Gasteiger partial charge in [-0.05, 0) is 37.6 Å². The number of nitrogens with zero attached hydrogens (tertiary/aromatic N) is 2. The van der Waals surface area contributed by atoms with E-state index in [9.17, 15) is 17.6 Å². The molecule has 3 rings (SSSR count). The molecule has 0 bridgehead atoms. The second-order valence-electron chi connectivity index (χ2n) is 6.61. The van der Waals surface area contributed by atoms with Gasteiger partial charge in [-0.2, -0.15) is 13.2 Å². The molecule has 1 aromatic heterocycles. The van der Waals surface area contributed by atoms with Crippen molar-refractivity contribution < 1.29 is 22.3 Å². The molecule has 1 aromatic carbocycles. The first kappa shape index (κ1) is 19.7. The number of alkyl halides is 3. The lowest BCUT2D eigenvalue weighted by molar-refractivity contribution is -0.208. The lowest BCUT2D eigenvalue weighted by Crippen LogP contribution is -2.46. The number of nitrogens with two attached hydrogens (primary N) is 1. The van der Waals surface area contributed by atoms with Gasteiger partial charge in [-0.25, -0.2) is 9.38 Å². The first-order valence-corrected chi connectivity index (χ1v) is 8.39. The highest BCUT2D eigenvalue weighted by atomic mass is 19.4. The van der Waals surface area contributed by atoms with E-state index < -0.39 is 36.1 Å². The molecule has 0 radical (unpaired) electrons. The number of amidine groups is 1. The van der Waals surface area contributed by atoms with Crippen molar-refractivity contribution in [3.05, 3.63) is 53.6 Å². The molecule has 1 aliphatic rings. The molecule has 1 aliphatic heterocycles. The van der Waals surface area contributed by atoms with E-state index in [0.29, 0.717) is 16.7 Å². The molecule has 0 unspecified atom stereocenters. The van der Waals surface area contributed by atoms with E-state index in [1.165, 1.54) is 25.1 Å². The Morgan fingerprint density at radius 3 is 2.64 bits per heavy atom. The zero-order chi connectivity index (χ0) is 20.5. The van der Waals surface area contributed by atoms with Crippen molar-refractivity contribution in [1.29, 1.82) is 0 Å². The molecule has 4 nitrogen and oxygen atoms in total. The minimum atomic E-state index is -4.65. The normalized spacial score (nSPS) is 21.9. The van der Waals surface area contributed by atoms with Crippen molar-refractivity contribution in [2.24, 2.45) is 10.7 Å². The van der Waals surface area contributed by atoms with Crippen molar-refractivity contribution in [3.63, 3.8) is 0 Å². The van der Waals surface area contributed by atoms with E-state index in [4.69, 9.17) is 5.73 Å². The summed E-state index contributed by atoms with van der Waals surface area (Å²) in [6.45, 7) is 3.09. The Morgan fingerprint density at radius 2 is 1.96 bits per heavy atom. The third-order valence-corrected chi connectivity index (χ3v) is 4.46.